The van der Waals surface area contributed by atoms with E-state index in [9.17, 15) is 2.74 Å². The Kier molecular flexibility index (Phi) is 6.03. The van der Waals surface area contributed by atoms with Crippen LogP contribution in [0.1, 0.15) is 29.1 Å². The number of nitrogens with zero attached hydrogens (tertiary/aromatic N) is 2. The molecule has 0 amide bonds. The van der Waals surface area contributed by atoms with Gasteiger partial charge in [-0.3, -0.25) is 0 Å². The van der Waals surface area contributed by atoms with Crippen LogP contribution in [0.25, 0.3) is 49.4 Å². The van der Waals surface area contributed by atoms with Crippen molar-refractivity contribution in [3.05, 3.63) is 241 Å². The molecule has 0 spiro atoms. The van der Waals surface area contributed by atoms with Crippen LogP contribution in [-0.2, 0) is 5.41 Å². The molecule has 9 aromatic carbocycles. The van der Waals surface area contributed by atoms with Gasteiger partial charge in [-0.1, -0.05) is 164 Å². The summed E-state index contributed by atoms with van der Waals surface area (Å²) in [5.74, 6) is 0. The Hall–Kier alpha value is -7.16. The zero-order valence-corrected chi connectivity index (χ0v) is 29.8. The van der Waals surface area contributed by atoms with E-state index in [0.29, 0.717) is 0 Å². The first kappa shape index (κ1) is 26.6. The second kappa shape index (κ2) is 12.5. The molecule has 55 heavy (non-hydrogen) atoms. The first-order chi connectivity index (χ1) is 29.4. The predicted octanol–water partition coefficient (Wildman–Crippen LogP) is 13.8. The van der Waals surface area contributed by atoms with Crippen molar-refractivity contribution in [2.75, 3.05) is 4.90 Å². The van der Waals surface area contributed by atoms with Crippen LogP contribution in [0.2, 0.25) is 0 Å². The Morgan fingerprint density at radius 3 is 1.93 bits per heavy atom. The maximum Gasteiger partial charge on any atom is 0.0734 e. The van der Waals surface area contributed by atoms with E-state index in [-0.39, 0.29) is 29.7 Å². The second-order valence-corrected chi connectivity index (χ2v) is 14.1. The molecule has 258 valence electrons. The minimum absolute atomic E-state index is 0.222. The normalized spacial score (nSPS) is 15.9. The Morgan fingerprint density at radius 1 is 0.436 bits per heavy atom. The van der Waals surface area contributed by atoms with Gasteiger partial charge in [0.25, 0.3) is 0 Å². The minimum atomic E-state index is -1.33. The molecule has 0 saturated carbocycles. The number of hydrogen-bond donors (Lipinski definition) is 0. The van der Waals surface area contributed by atoms with Crippen LogP contribution >= 0.6 is 0 Å². The zero-order chi connectivity index (χ0) is 40.7. The van der Waals surface area contributed by atoms with E-state index in [2.05, 4.69) is 131 Å². The molecule has 1 atom stereocenters. The van der Waals surface area contributed by atoms with Crippen molar-refractivity contribution in [1.29, 1.82) is 0 Å². The van der Waals surface area contributed by atoms with Gasteiger partial charge in [0.15, 0.2) is 0 Å². The second-order valence-electron chi connectivity index (χ2n) is 14.1. The van der Waals surface area contributed by atoms with Gasteiger partial charge in [0.2, 0.25) is 0 Å². The summed E-state index contributed by atoms with van der Waals surface area (Å²) in [7, 11) is 0. The van der Waals surface area contributed by atoms with E-state index in [0.717, 1.165) is 83.1 Å². The van der Waals surface area contributed by atoms with Gasteiger partial charge in [0.05, 0.1) is 23.3 Å². The monoisotopic (exact) mass is 705 g/mol. The number of fused-ring (bicyclic) bond motifs is 7. The van der Waals surface area contributed by atoms with Gasteiger partial charge >= 0.3 is 0 Å². The summed E-state index contributed by atoms with van der Waals surface area (Å²) in [6.07, 6.45) is 0. The molecule has 1 heterocycles. The van der Waals surface area contributed by atoms with Crippen molar-refractivity contribution in [3.8, 4) is 16.8 Å². The summed E-state index contributed by atoms with van der Waals surface area (Å²) in [6.45, 7) is 0. The largest absolute Gasteiger partial charge is 0.310 e. The van der Waals surface area contributed by atoms with Crippen LogP contribution in [0, 0.1) is 0 Å². The molecule has 1 aliphatic carbocycles. The van der Waals surface area contributed by atoms with Gasteiger partial charge in [-0.05, 0) is 98.8 Å². The number of benzene rings is 9. The van der Waals surface area contributed by atoms with Gasteiger partial charge in [-0.25, -0.2) is 0 Å². The van der Waals surface area contributed by atoms with Gasteiger partial charge in [0.1, 0.15) is 0 Å². The minimum Gasteiger partial charge on any atom is -0.310 e. The molecule has 0 N–H and O–H groups in total. The summed E-state index contributed by atoms with van der Waals surface area (Å²) in [5, 5.41) is 4.35. The molecule has 0 bridgehead atoms. The molecule has 1 aliphatic rings. The van der Waals surface area contributed by atoms with E-state index >= 15 is 0 Å². The molecule has 0 aliphatic heterocycles. The summed E-state index contributed by atoms with van der Waals surface area (Å²) >= 11 is 0. The van der Waals surface area contributed by atoms with Crippen LogP contribution < -0.4 is 4.90 Å². The highest BCUT2D eigenvalue weighted by molar-refractivity contribution is 6.11. The lowest BCUT2D eigenvalue weighted by Gasteiger charge is -2.35. The third kappa shape index (κ3) is 4.68. The maximum atomic E-state index is 9.70. The summed E-state index contributed by atoms with van der Waals surface area (Å²) in [4.78, 5) is 2.26. The van der Waals surface area contributed by atoms with Crippen LogP contribution in [0.15, 0.2) is 218 Å². The number of rotatable bonds is 6. The summed E-state index contributed by atoms with van der Waals surface area (Å²) in [6, 6.07) is 63.1. The van der Waals surface area contributed by atoms with Crippen molar-refractivity contribution < 1.29 is 6.85 Å². The third-order valence-electron chi connectivity index (χ3n) is 11.3. The Labute approximate surface area is 327 Å². The van der Waals surface area contributed by atoms with Gasteiger partial charge < -0.3 is 9.47 Å². The van der Waals surface area contributed by atoms with Crippen LogP contribution in [0.3, 0.4) is 0 Å². The lowest BCUT2D eigenvalue weighted by molar-refractivity contribution is 0.772. The summed E-state index contributed by atoms with van der Waals surface area (Å²) < 4.78 is 48.5. The number of anilines is 3. The fraction of sp³-hybridized carbons (Fsp3) is 0.0189. The first-order valence-corrected chi connectivity index (χ1v) is 18.6. The van der Waals surface area contributed by atoms with E-state index < -0.39 is 11.5 Å². The molecule has 0 saturated heterocycles. The zero-order valence-electron chi connectivity index (χ0n) is 34.8. The molecule has 1 unspecified atom stereocenters. The maximum absolute atomic E-state index is 9.70. The molecule has 11 rings (SSSR count). The van der Waals surface area contributed by atoms with Gasteiger partial charge in [-0.2, -0.15) is 0 Å². The van der Waals surface area contributed by atoms with Gasteiger partial charge in [0, 0.05) is 33.5 Å². The highest BCUT2D eigenvalue weighted by Gasteiger charge is 2.47. The smallest absolute Gasteiger partial charge is 0.0734 e. The fourth-order valence-corrected chi connectivity index (χ4v) is 9.05. The third-order valence-corrected chi connectivity index (χ3v) is 11.3. The number of hydrogen-bond acceptors (Lipinski definition) is 1. The van der Waals surface area contributed by atoms with E-state index in [4.69, 9.17) is 4.11 Å². The molecule has 2 heteroatoms. The lowest BCUT2D eigenvalue weighted by atomic mass is 9.67. The molecule has 0 fully saturated rings. The quantitative estimate of drug-likeness (QED) is 0.167. The SMILES string of the molecule is [2H]c1c([2H])c([2H])c(C2(c3cccc4c5ccccc5n(-c5ccccc5)c34)c3ccccc3-c3cc(N(c4ccccc4)c4ccc5ccccc5c4)ccc32)c([2H])c1[2H]. The molecule has 10 aromatic rings. The molecule has 1 aromatic heterocycles. The van der Waals surface area contributed by atoms with Crippen molar-refractivity contribution >= 4 is 49.6 Å². The molecular weight excluding hydrogens is 665 g/mol. The molecular formula is C53H36N2. The van der Waals surface area contributed by atoms with E-state index in [1.165, 1.54) is 0 Å². The van der Waals surface area contributed by atoms with E-state index in [1.54, 1.807) is 0 Å². The Morgan fingerprint density at radius 2 is 1.07 bits per heavy atom. The summed E-state index contributed by atoms with van der Waals surface area (Å²) in [5.41, 5.74) is 9.08. The highest BCUT2D eigenvalue weighted by Crippen LogP contribution is 2.58. The topological polar surface area (TPSA) is 8.17 Å². The predicted molar refractivity (Wildman–Crippen MR) is 230 cm³/mol. The van der Waals surface area contributed by atoms with Crippen molar-refractivity contribution in [1.82, 2.24) is 4.57 Å². The first-order valence-electron chi connectivity index (χ1n) is 21.1. The Bertz CT molecular complexity index is 3310. The number of para-hydroxylation sites is 4. The molecule has 2 nitrogen and oxygen atoms in total. The van der Waals surface area contributed by atoms with E-state index in [1.807, 2.05) is 66.7 Å². The van der Waals surface area contributed by atoms with Gasteiger partial charge in [-0.15, -0.1) is 0 Å². The fourth-order valence-electron chi connectivity index (χ4n) is 9.05. The Balaban J connectivity index is 1.29. The molecule has 0 radical (unpaired) electrons. The lowest BCUT2D eigenvalue weighted by Crippen LogP contribution is -2.29. The number of aromatic nitrogens is 1. The highest BCUT2D eigenvalue weighted by atomic mass is 15.1. The van der Waals surface area contributed by atoms with Crippen molar-refractivity contribution in [3.63, 3.8) is 0 Å². The van der Waals surface area contributed by atoms with Crippen LogP contribution in [0.4, 0.5) is 17.1 Å². The van der Waals surface area contributed by atoms with Crippen molar-refractivity contribution in [2.45, 2.75) is 5.41 Å². The standard InChI is InChI=1S/C53H36N2/c1-4-19-39(20-5-1)53(50-29-16-27-46-45-26-13-15-30-51(45)55(52(46)50)41-23-8-3-9-24-41)48-28-14-12-25-44(48)47-36-43(33-34-49(47)53)54(40-21-6-2-7-22-40)42-32-31-37-17-10-11-18-38(37)35-42/h1-36H/i1D,4D,5D,19D,20D. The average molecular weight is 706 g/mol. The van der Waals surface area contributed by atoms with Crippen LogP contribution in [0.5, 0.6) is 0 Å². The van der Waals surface area contributed by atoms with Crippen molar-refractivity contribution in [2.24, 2.45) is 0 Å². The van der Waals surface area contributed by atoms with Crippen LogP contribution in [-0.4, -0.2) is 4.57 Å². The average Bonchev–Trinajstić information content (AvgIpc) is 3.79.